The maximum atomic E-state index is 11.8. The number of hydrogen-bond donors (Lipinski definition) is 1. The number of hydrogen-bond acceptors (Lipinski definition) is 2. The minimum atomic E-state index is -0.0400. The summed E-state index contributed by atoms with van der Waals surface area (Å²) in [7, 11) is 0. The van der Waals surface area contributed by atoms with E-state index in [4.69, 9.17) is 0 Å². The number of aryl methyl sites for hydroxylation is 1. The molecule has 0 amide bonds. The Morgan fingerprint density at radius 2 is 2.13 bits per heavy atom. The first-order valence-corrected chi connectivity index (χ1v) is 5.08. The van der Waals surface area contributed by atoms with Crippen molar-refractivity contribution in [3.8, 4) is 0 Å². The molecule has 3 nitrogen and oxygen atoms in total. The predicted octanol–water partition coefficient (Wildman–Crippen LogP) is 2.35. The molecule has 0 aliphatic rings. The van der Waals surface area contributed by atoms with Crippen LogP contribution in [-0.4, -0.2) is 9.97 Å². The zero-order valence-corrected chi connectivity index (χ0v) is 9.16. The van der Waals surface area contributed by atoms with E-state index in [-0.39, 0.29) is 5.56 Å². The Labute approximate surface area is 88.2 Å². The van der Waals surface area contributed by atoms with Crippen LogP contribution in [0.2, 0.25) is 0 Å². The molecule has 0 fully saturated rings. The molecule has 2 heterocycles. The van der Waals surface area contributed by atoms with Crippen LogP contribution in [0.3, 0.4) is 0 Å². The topological polar surface area (TPSA) is 45.8 Å². The fourth-order valence-electron chi connectivity index (χ4n) is 1.67. The number of H-pyrrole nitrogens is 1. The minimum Gasteiger partial charge on any atom is -0.325 e. The minimum absolute atomic E-state index is 0.0400. The highest BCUT2D eigenvalue weighted by Crippen LogP contribution is 2.16. The number of aromatic amines is 1. The second-order valence-electron chi connectivity index (χ2n) is 4.10. The number of fused-ring (bicyclic) bond motifs is 1. The molecular formula is C12H14N2O. The normalized spacial score (nSPS) is 11.2. The molecule has 1 N–H and O–H groups in total. The van der Waals surface area contributed by atoms with Gasteiger partial charge >= 0.3 is 0 Å². The van der Waals surface area contributed by atoms with Crippen molar-refractivity contribution in [3.05, 3.63) is 39.9 Å². The van der Waals surface area contributed by atoms with Crippen LogP contribution in [0.25, 0.3) is 10.9 Å². The SMILES string of the molecule is Cc1ccnc2cc(C(C)C)[nH]c(=O)c12. The van der Waals surface area contributed by atoms with Gasteiger partial charge in [-0.25, -0.2) is 0 Å². The molecule has 15 heavy (non-hydrogen) atoms. The summed E-state index contributed by atoms with van der Waals surface area (Å²) in [6, 6.07) is 3.81. The summed E-state index contributed by atoms with van der Waals surface area (Å²) in [6.45, 7) is 6.02. The van der Waals surface area contributed by atoms with Gasteiger partial charge in [0.25, 0.3) is 5.56 Å². The van der Waals surface area contributed by atoms with Crippen LogP contribution in [0, 0.1) is 6.92 Å². The summed E-state index contributed by atoms with van der Waals surface area (Å²) >= 11 is 0. The Kier molecular flexibility index (Phi) is 2.31. The number of aromatic nitrogens is 2. The van der Waals surface area contributed by atoms with E-state index in [2.05, 4.69) is 9.97 Å². The Morgan fingerprint density at radius 3 is 2.80 bits per heavy atom. The second kappa shape index (κ2) is 3.50. The van der Waals surface area contributed by atoms with Gasteiger partial charge in [-0.2, -0.15) is 0 Å². The summed E-state index contributed by atoms with van der Waals surface area (Å²) in [5.41, 5.74) is 2.64. The van der Waals surface area contributed by atoms with Crippen molar-refractivity contribution in [2.45, 2.75) is 26.7 Å². The van der Waals surface area contributed by atoms with Crippen LogP contribution < -0.4 is 5.56 Å². The Hall–Kier alpha value is -1.64. The lowest BCUT2D eigenvalue weighted by atomic mass is 10.1. The van der Waals surface area contributed by atoms with Gasteiger partial charge in [0.1, 0.15) is 0 Å². The third kappa shape index (κ3) is 1.65. The van der Waals surface area contributed by atoms with Crippen molar-refractivity contribution in [1.29, 1.82) is 0 Å². The van der Waals surface area contributed by atoms with Gasteiger partial charge in [-0.3, -0.25) is 9.78 Å². The van der Waals surface area contributed by atoms with E-state index in [0.29, 0.717) is 11.3 Å². The van der Waals surface area contributed by atoms with Crippen molar-refractivity contribution < 1.29 is 0 Å². The molecule has 0 radical (unpaired) electrons. The molecule has 78 valence electrons. The van der Waals surface area contributed by atoms with E-state index in [1.807, 2.05) is 32.9 Å². The fraction of sp³-hybridized carbons (Fsp3) is 0.333. The number of pyridine rings is 2. The summed E-state index contributed by atoms with van der Waals surface area (Å²) in [5, 5.41) is 0.696. The van der Waals surface area contributed by atoms with Gasteiger partial charge in [0.15, 0.2) is 0 Å². The number of nitrogens with one attached hydrogen (secondary N) is 1. The number of nitrogens with zero attached hydrogens (tertiary/aromatic N) is 1. The van der Waals surface area contributed by atoms with E-state index in [0.717, 1.165) is 16.8 Å². The molecule has 0 aliphatic carbocycles. The van der Waals surface area contributed by atoms with Gasteiger partial charge in [0.05, 0.1) is 10.9 Å². The Balaban J connectivity index is 2.85. The maximum Gasteiger partial charge on any atom is 0.257 e. The fourth-order valence-corrected chi connectivity index (χ4v) is 1.67. The average molecular weight is 202 g/mol. The van der Waals surface area contributed by atoms with Crippen LogP contribution >= 0.6 is 0 Å². The molecule has 0 aliphatic heterocycles. The van der Waals surface area contributed by atoms with E-state index in [1.54, 1.807) is 6.20 Å². The van der Waals surface area contributed by atoms with Crippen molar-refractivity contribution >= 4 is 10.9 Å². The maximum absolute atomic E-state index is 11.8. The smallest absolute Gasteiger partial charge is 0.257 e. The Bertz CT molecular complexity index is 555. The molecular weight excluding hydrogens is 188 g/mol. The zero-order valence-electron chi connectivity index (χ0n) is 9.16. The van der Waals surface area contributed by atoms with E-state index in [1.165, 1.54) is 0 Å². The van der Waals surface area contributed by atoms with Crippen LogP contribution in [0.1, 0.15) is 31.0 Å². The molecule has 0 saturated carbocycles. The summed E-state index contributed by atoms with van der Waals surface area (Å²) in [6.07, 6.45) is 1.74. The van der Waals surface area contributed by atoms with Crippen LogP contribution in [0.4, 0.5) is 0 Å². The van der Waals surface area contributed by atoms with Crippen molar-refractivity contribution in [1.82, 2.24) is 9.97 Å². The molecule has 0 spiro atoms. The van der Waals surface area contributed by atoms with Gasteiger partial charge < -0.3 is 4.98 Å². The molecule has 2 rings (SSSR count). The lowest BCUT2D eigenvalue weighted by molar-refractivity contribution is 0.819. The standard InChI is InChI=1S/C12H14N2O/c1-7(2)9-6-10-11(12(15)14-9)8(3)4-5-13-10/h4-7H,1-3H3,(H,14,15). The highest BCUT2D eigenvalue weighted by atomic mass is 16.1. The lowest BCUT2D eigenvalue weighted by Gasteiger charge is -2.07. The highest BCUT2D eigenvalue weighted by Gasteiger charge is 2.07. The molecule has 0 atom stereocenters. The van der Waals surface area contributed by atoms with Crippen molar-refractivity contribution in [2.24, 2.45) is 0 Å². The monoisotopic (exact) mass is 202 g/mol. The van der Waals surface area contributed by atoms with Crippen LogP contribution in [0.5, 0.6) is 0 Å². The molecule has 0 aromatic carbocycles. The van der Waals surface area contributed by atoms with Crippen molar-refractivity contribution in [3.63, 3.8) is 0 Å². The average Bonchev–Trinajstić information content (AvgIpc) is 2.17. The molecule has 2 aromatic heterocycles. The van der Waals surface area contributed by atoms with Gasteiger partial charge in [0.2, 0.25) is 0 Å². The summed E-state index contributed by atoms with van der Waals surface area (Å²) in [4.78, 5) is 19.0. The second-order valence-corrected chi connectivity index (χ2v) is 4.10. The predicted molar refractivity (Wildman–Crippen MR) is 61.2 cm³/mol. The first kappa shape index (κ1) is 9.90. The van der Waals surface area contributed by atoms with E-state index < -0.39 is 0 Å². The third-order valence-electron chi connectivity index (χ3n) is 2.59. The van der Waals surface area contributed by atoms with Gasteiger partial charge in [0, 0.05) is 11.9 Å². The van der Waals surface area contributed by atoms with Crippen molar-refractivity contribution in [2.75, 3.05) is 0 Å². The van der Waals surface area contributed by atoms with Gasteiger partial charge in [-0.05, 0) is 30.5 Å². The highest BCUT2D eigenvalue weighted by molar-refractivity contribution is 5.80. The molecule has 3 heteroatoms. The number of rotatable bonds is 1. The molecule has 0 unspecified atom stereocenters. The zero-order chi connectivity index (χ0) is 11.0. The quantitative estimate of drug-likeness (QED) is 0.771. The van der Waals surface area contributed by atoms with E-state index in [9.17, 15) is 4.79 Å². The summed E-state index contributed by atoms with van der Waals surface area (Å²) in [5.74, 6) is 0.310. The van der Waals surface area contributed by atoms with E-state index >= 15 is 0 Å². The molecule has 0 bridgehead atoms. The lowest BCUT2D eigenvalue weighted by Crippen LogP contribution is -2.11. The first-order valence-electron chi connectivity index (χ1n) is 5.08. The third-order valence-corrected chi connectivity index (χ3v) is 2.59. The van der Waals surface area contributed by atoms with Crippen LogP contribution in [0.15, 0.2) is 23.1 Å². The van der Waals surface area contributed by atoms with Crippen LogP contribution in [-0.2, 0) is 0 Å². The van der Waals surface area contributed by atoms with Gasteiger partial charge in [-0.1, -0.05) is 13.8 Å². The first-order chi connectivity index (χ1) is 7.09. The largest absolute Gasteiger partial charge is 0.325 e. The summed E-state index contributed by atoms with van der Waals surface area (Å²) < 4.78 is 0. The molecule has 2 aromatic rings. The Morgan fingerprint density at radius 1 is 1.40 bits per heavy atom. The molecule has 0 saturated heterocycles. The van der Waals surface area contributed by atoms with Gasteiger partial charge in [-0.15, -0.1) is 0 Å².